The summed E-state index contributed by atoms with van der Waals surface area (Å²) < 4.78 is 1.50. The van der Waals surface area contributed by atoms with E-state index in [2.05, 4.69) is 10.3 Å². The molecule has 0 aliphatic rings. The molecular weight excluding hydrogens is 278 g/mol. The average Bonchev–Trinajstić information content (AvgIpc) is 2.41. The van der Waals surface area contributed by atoms with Gasteiger partial charge in [0.25, 0.3) is 5.56 Å². The highest BCUT2D eigenvalue weighted by atomic mass is 35.5. The van der Waals surface area contributed by atoms with E-state index in [4.69, 9.17) is 11.6 Å². The van der Waals surface area contributed by atoms with Gasteiger partial charge in [0.15, 0.2) is 0 Å². The molecule has 20 heavy (non-hydrogen) atoms. The van der Waals surface area contributed by atoms with Crippen LogP contribution in [0, 0.1) is 0 Å². The molecule has 2 aromatic rings. The molecule has 1 heterocycles. The van der Waals surface area contributed by atoms with Gasteiger partial charge < -0.3 is 5.32 Å². The summed E-state index contributed by atoms with van der Waals surface area (Å²) in [5.74, 6) is 0. The molecule has 2 rings (SSSR count). The number of H-pyrrole nitrogens is 1. The monoisotopic (exact) mass is 293 g/mol. The van der Waals surface area contributed by atoms with Crippen molar-refractivity contribution in [3.8, 4) is 0 Å². The number of anilines is 1. The summed E-state index contributed by atoms with van der Waals surface area (Å²) in [4.78, 5) is 25.4. The van der Waals surface area contributed by atoms with Crippen LogP contribution in [0.1, 0.15) is 12.5 Å². The number of aromatic nitrogens is 2. The molecule has 0 atom stereocenters. The van der Waals surface area contributed by atoms with Crippen molar-refractivity contribution >= 4 is 17.3 Å². The molecule has 5 nitrogen and oxygen atoms in total. The number of aryl methyl sites for hydroxylation is 1. The van der Waals surface area contributed by atoms with E-state index in [1.807, 2.05) is 25.1 Å². The summed E-state index contributed by atoms with van der Waals surface area (Å²) in [6, 6.07) is 7.37. The Balaban J connectivity index is 2.04. The average molecular weight is 294 g/mol. The maximum absolute atomic E-state index is 11.7. The molecule has 0 aliphatic heterocycles. The lowest BCUT2D eigenvalue weighted by Gasteiger charge is -2.09. The maximum Gasteiger partial charge on any atom is 0.328 e. The second-order valence-electron chi connectivity index (χ2n) is 4.40. The van der Waals surface area contributed by atoms with E-state index < -0.39 is 0 Å². The molecule has 2 N–H and O–H groups in total. The van der Waals surface area contributed by atoms with Crippen molar-refractivity contribution in [2.45, 2.75) is 19.9 Å². The molecule has 1 aromatic heterocycles. The molecule has 6 heteroatoms. The standard InChI is InChI=1S/C14H16ClN3O2/c1-2-10-9-18(14(20)17-13(10)19)7-6-16-12-5-3-4-11(15)8-12/h3-5,8-9,16H,2,6-7H2,1H3,(H,17,19,20). The summed E-state index contributed by atoms with van der Waals surface area (Å²) in [5, 5.41) is 3.83. The molecule has 0 radical (unpaired) electrons. The van der Waals surface area contributed by atoms with Gasteiger partial charge in [-0.1, -0.05) is 24.6 Å². The predicted molar refractivity (Wildman–Crippen MR) is 80.6 cm³/mol. The molecular formula is C14H16ClN3O2. The minimum absolute atomic E-state index is 0.309. The first kappa shape index (κ1) is 14.4. The van der Waals surface area contributed by atoms with Crippen molar-refractivity contribution < 1.29 is 0 Å². The molecule has 0 amide bonds. The topological polar surface area (TPSA) is 66.9 Å². The molecule has 1 aromatic carbocycles. The number of halogens is 1. The van der Waals surface area contributed by atoms with E-state index in [1.54, 1.807) is 12.3 Å². The van der Waals surface area contributed by atoms with Crippen LogP contribution in [0.3, 0.4) is 0 Å². The molecule has 0 saturated heterocycles. The van der Waals surface area contributed by atoms with Crippen molar-refractivity contribution in [1.29, 1.82) is 0 Å². The molecule has 0 saturated carbocycles. The Hall–Kier alpha value is -2.01. The highest BCUT2D eigenvalue weighted by molar-refractivity contribution is 6.30. The fourth-order valence-electron chi connectivity index (χ4n) is 1.89. The van der Waals surface area contributed by atoms with Crippen LogP contribution in [-0.4, -0.2) is 16.1 Å². The zero-order valence-electron chi connectivity index (χ0n) is 11.1. The zero-order valence-corrected chi connectivity index (χ0v) is 11.9. The van der Waals surface area contributed by atoms with Crippen LogP contribution in [0.5, 0.6) is 0 Å². The molecule has 0 aliphatic carbocycles. The van der Waals surface area contributed by atoms with Crippen LogP contribution in [-0.2, 0) is 13.0 Å². The summed E-state index contributed by atoms with van der Waals surface area (Å²) in [6.07, 6.45) is 2.21. The number of hydrogen-bond donors (Lipinski definition) is 2. The van der Waals surface area contributed by atoms with E-state index >= 15 is 0 Å². The van der Waals surface area contributed by atoms with Crippen LogP contribution in [0.4, 0.5) is 5.69 Å². The fraction of sp³-hybridized carbons (Fsp3) is 0.286. The zero-order chi connectivity index (χ0) is 14.5. The predicted octanol–water partition coefficient (Wildman–Crippen LogP) is 1.86. The van der Waals surface area contributed by atoms with Gasteiger partial charge in [-0.2, -0.15) is 0 Å². The third-order valence-corrected chi connectivity index (χ3v) is 3.21. The van der Waals surface area contributed by atoms with Gasteiger partial charge in [0, 0.05) is 35.6 Å². The second kappa shape index (κ2) is 6.43. The third kappa shape index (κ3) is 3.51. The minimum Gasteiger partial charge on any atom is -0.383 e. The van der Waals surface area contributed by atoms with Crippen LogP contribution in [0.2, 0.25) is 5.02 Å². The Labute approximate surface area is 121 Å². The minimum atomic E-state index is -0.389. The number of aromatic amines is 1. The Bertz CT molecular complexity index is 706. The fourth-order valence-corrected chi connectivity index (χ4v) is 2.08. The van der Waals surface area contributed by atoms with Crippen LogP contribution in [0.25, 0.3) is 0 Å². The summed E-state index contributed by atoms with van der Waals surface area (Å²) in [7, 11) is 0. The summed E-state index contributed by atoms with van der Waals surface area (Å²) in [5.41, 5.74) is 0.801. The Morgan fingerprint density at radius 3 is 2.85 bits per heavy atom. The first-order chi connectivity index (χ1) is 9.60. The van der Waals surface area contributed by atoms with Crippen molar-refractivity contribution in [2.75, 3.05) is 11.9 Å². The quantitative estimate of drug-likeness (QED) is 0.884. The van der Waals surface area contributed by atoms with E-state index in [0.29, 0.717) is 30.1 Å². The largest absolute Gasteiger partial charge is 0.383 e. The van der Waals surface area contributed by atoms with Gasteiger partial charge in [-0.25, -0.2) is 4.79 Å². The lowest BCUT2D eigenvalue weighted by molar-refractivity contribution is 0.660. The van der Waals surface area contributed by atoms with E-state index in [-0.39, 0.29) is 11.2 Å². The third-order valence-electron chi connectivity index (χ3n) is 2.97. The van der Waals surface area contributed by atoms with Crippen molar-refractivity contribution in [3.63, 3.8) is 0 Å². The van der Waals surface area contributed by atoms with Crippen molar-refractivity contribution in [1.82, 2.24) is 9.55 Å². The molecule has 0 bridgehead atoms. The van der Waals surface area contributed by atoms with Crippen LogP contribution >= 0.6 is 11.6 Å². The van der Waals surface area contributed by atoms with Gasteiger partial charge in [0.1, 0.15) is 0 Å². The van der Waals surface area contributed by atoms with Crippen LogP contribution < -0.4 is 16.6 Å². The molecule has 0 fully saturated rings. The number of rotatable bonds is 5. The van der Waals surface area contributed by atoms with Crippen molar-refractivity contribution in [2.24, 2.45) is 0 Å². The molecule has 0 unspecified atom stereocenters. The molecule has 0 spiro atoms. The highest BCUT2D eigenvalue weighted by Gasteiger charge is 2.02. The number of nitrogens with zero attached hydrogens (tertiary/aromatic N) is 1. The van der Waals surface area contributed by atoms with Gasteiger partial charge in [0.05, 0.1) is 0 Å². The van der Waals surface area contributed by atoms with Gasteiger partial charge in [0.2, 0.25) is 0 Å². The van der Waals surface area contributed by atoms with E-state index in [0.717, 1.165) is 5.69 Å². The summed E-state index contributed by atoms with van der Waals surface area (Å²) >= 11 is 5.89. The van der Waals surface area contributed by atoms with Crippen LogP contribution in [0.15, 0.2) is 40.1 Å². The van der Waals surface area contributed by atoms with E-state index in [1.165, 1.54) is 4.57 Å². The van der Waals surface area contributed by atoms with Crippen molar-refractivity contribution in [3.05, 3.63) is 61.9 Å². The first-order valence-electron chi connectivity index (χ1n) is 6.42. The van der Waals surface area contributed by atoms with E-state index in [9.17, 15) is 9.59 Å². The summed E-state index contributed by atoms with van der Waals surface area (Å²) in [6.45, 7) is 2.91. The Morgan fingerprint density at radius 2 is 2.15 bits per heavy atom. The maximum atomic E-state index is 11.7. The molecule has 106 valence electrons. The van der Waals surface area contributed by atoms with Gasteiger partial charge in [-0.3, -0.25) is 14.3 Å². The second-order valence-corrected chi connectivity index (χ2v) is 4.83. The van der Waals surface area contributed by atoms with Gasteiger partial charge >= 0.3 is 5.69 Å². The highest BCUT2D eigenvalue weighted by Crippen LogP contribution is 2.14. The SMILES string of the molecule is CCc1cn(CCNc2cccc(Cl)c2)c(=O)[nH]c1=O. The number of nitrogens with one attached hydrogen (secondary N) is 2. The number of hydrogen-bond acceptors (Lipinski definition) is 3. The van der Waals surface area contributed by atoms with Gasteiger partial charge in [-0.15, -0.1) is 0 Å². The Kier molecular flexibility index (Phi) is 4.63. The first-order valence-corrected chi connectivity index (χ1v) is 6.80. The van der Waals surface area contributed by atoms with Gasteiger partial charge in [-0.05, 0) is 24.6 Å². The smallest absolute Gasteiger partial charge is 0.328 e. The lowest BCUT2D eigenvalue weighted by atomic mass is 10.2. The Morgan fingerprint density at radius 1 is 1.35 bits per heavy atom. The lowest BCUT2D eigenvalue weighted by Crippen LogP contribution is -2.33. The normalized spacial score (nSPS) is 10.5. The number of benzene rings is 1.